The third-order valence-electron chi connectivity index (χ3n) is 3.45. The minimum Gasteiger partial charge on any atom is -0.357 e. The van der Waals surface area contributed by atoms with Gasteiger partial charge in [0.2, 0.25) is 5.91 Å². The number of amides is 1. The van der Waals surface area contributed by atoms with Crippen molar-refractivity contribution in [1.82, 2.24) is 9.97 Å². The summed E-state index contributed by atoms with van der Waals surface area (Å²) in [6.45, 7) is 2.59. The molecule has 0 bridgehead atoms. The van der Waals surface area contributed by atoms with Gasteiger partial charge >= 0.3 is 0 Å². The molecule has 0 spiro atoms. The van der Waals surface area contributed by atoms with Crippen LogP contribution in [0.4, 0.5) is 11.5 Å². The summed E-state index contributed by atoms with van der Waals surface area (Å²) >= 11 is 0. The van der Waals surface area contributed by atoms with Gasteiger partial charge in [0.05, 0.1) is 6.20 Å². The molecule has 0 saturated carbocycles. The number of aromatic nitrogens is 2. The van der Waals surface area contributed by atoms with Gasteiger partial charge in [-0.2, -0.15) is 0 Å². The molecule has 1 aromatic carbocycles. The van der Waals surface area contributed by atoms with Crippen molar-refractivity contribution in [2.24, 2.45) is 0 Å². The number of nitrogens with zero attached hydrogens (tertiary/aromatic N) is 3. The van der Waals surface area contributed by atoms with E-state index in [9.17, 15) is 4.79 Å². The normalized spacial score (nSPS) is 14.8. The quantitative estimate of drug-likeness (QED) is 0.923. The predicted molar refractivity (Wildman–Crippen MR) is 77.6 cm³/mol. The van der Waals surface area contributed by atoms with Crippen LogP contribution in [0, 0.1) is 0 Å². The Morgan fingerprint density at radius 2 is 2.20 bits per heavy atom. The standard InChI is InChI=1S/C15H16N4O/c1-11(18-14-10-16-7-8-17-14)15(20)19-9-6-12-4-2-3-5-13(12)19/h2-5,7-8,10-11H,6,9H2,1H3,(H,17,18). The molecule has 1 aliphatic heterocycles. The molecule has 102 valence electrons. The fourth-order valence-electron chi connectivity index (χ4n) is 2.46. The van der Waals surface area contributed by atoms with Crippen LogP contribution in [0.5, 0.6) is 0 Å². The Kier molecular flexibility index (Phi) is 3.33. The van der Waals surface area contributed by atoms with E-state index in [-0.39, 0.29) is 11.9 Å². The number of anilines is 2. The number of carbonyl (C=O) groups is 1. The molecule has 1 N–H and O–H groups in total. The summed E-state index contributed by atoms with van der Waals surface area (Å²) < 4.78 is 0. The molecule has 1 amide bonds. The summed E-state index contributed by atoms with van der Waals surface area (Å²) in [6, 6.07) is 7.70. The van der Waals surface area contributed by atoms with Gasteiger partial charge in [0.15, 0.2) is 0 Å². The molecule has 2 heterocycles. The lowest BCUT2D eigenvalue weighted by molar-refractivity contribution is -0.118. The van der Waals surface area contributed by atoms with E-state index in [2.05, 4.69) is 21.4 Å². The average molecular weight is 268 g/mol. The van der Waals surface area contributed by atoms with E-state index in [0.29, 0.717) is 5.82 Å². The van der Waals surface area contributed by atoms with Gasteiger partial charge in [0.1, 0.15) is 11.9 Å². The first-order valence-corrected chi connectivity index (χ1v) is 6.67. The Morgan fingerprint density at radius 3 is 3.00 bits per heavy atom. The van der Waals surface area contributed by atoms with Gasteiger partial charge in [-0.25, -0.2) is 4.98 Å². The second-order valence-corrected chi connectivity index (χ2v) is 4.83. The molecule has 1 aromatic heterocycles. The number of rotatable bonds is 3. The van der Waals surface area contributed by atoms with Crippen molar-refractivity contribution in [3.63, 3.8) is 0 Å². The number of para-hydroxylation sites is 1. The molecule has 0 aliphatic carbocycles. The Bertz CT molecular complexity index is 614. The second kappa shape index (κ2) is 5.28. The van der Waals surface area contributed by atoms with E-state index in [4.69, 9.17) is 0 Å². The van der Waals surface area contributed by atoms with Gasteiger partial charge in [-0.1, -0.05) is 18.2 Å². The Balaban J connectivity index is 1.74. The highest BCUT2D eigenvalue weighted by Gasteiger charge is 2.27. The number of hydrogen-bond donors (Lipinski definition) is 1. The van der Waals surface area contributed by atoms with E-state index in [1.54, 1.807) is 18.6 Å². The Hall–Kier alpha value is -2.43. The van der Waals surface area contributed by atoms with Gasteiger partial charge in [-0.15, -0.1) is 0 Å². The monoisotopic (exact) mass is 268 g/mol. The predicted octanol–water partition coefficient (Wildman–Crippen LogP) is 1.87. The molecular weight excluding hydrogens is 252 g/mol. The zero-order chi connectivity index (χ0) is 13.9. The van der Waals surface area contributed by atoms with Gasteiger partial charge in [0, 0.05) is 24.6 Å². The maximum atomic E-state index is 12.5. The molecule has 5 nitrogen and oxygen atoms in total. The summed E-state index contributed by atoms with van der Waals surface area (Å²) in [5, 5.41) is 3.08. The molecule has 3 rings (SSSR count). The number of fused-ring (bicyclic) bond motifs is 1. The highest BCUT2D eigenvalue weighted by molar-refractivity contribution is 6.00. The van der Waals surface area contributed by atoms with E-state index < -0.39 is 0 Å². The molecule has 0 fully saturated rings. The topological polar surface area (TPSA) is 58.1 Å². The molecule has 1 atom stereocenters. The molecule has 1 aliphatic rings. The molecule has 0 saturated heterocycles. The molecule has 0 radical (unpaired) electrons. The fourth-order valence-corrected chi connectivity index (χ4v) is 2.46. The molecule has 1 unspecified atom stereocenters. The number of benzene rings is 1. The summed E-state index contributed by atoms with van der Waals surface area (Å²) in [7, 11) is 0. The first-order valence-electron chi connectivity index (χ1n) is 6.67. The van der Waals surface area contributed by atoms with Crippen molar-refractivity contribution in [1.29, 1.82) is 0 Å². The van der Waals surface area contributed by atoms with Crippen LogP contribution in [0.3, 0.4) is 0 Å². The van der Waals surface area contributed by atoms with Crippen LogP contribution in [-0.4, -0.2) is 28.5 Å². The van der Waals surface area contributed by atoms with E-state index in [0.717, 1.165) is 18.7 Å². The lowest BCUT2D eigenvalue weighted by Crippen LogP contribution is -2.40. The molecule has 20 heavy (non-hydrogen) atoms. The summed E-state index contributed by atoms with van der Waals surface area (Å²) in [4.78, 5) is 22.5. The van der Waals surface area contributed by atoms with E-state index in [1.165, 1.54) is 5.56 Å². The van der Waals surface area contributed by atoms with Crippen LogP contribution in [0.15, 0.2) is 42.9 Å². The minimum atomic E-state index is -0.335. The third-order valence-corrected chi connectivity index (χ3v) is 3.45. The lowest BCUT2D eigenvalue weighted by Gasteiger charge is -2.22. The Labute approximate surface area is 117 Å². The highest BCUT2D eigenvalue weighted by atomic mass is 16.2. The summed E-state index contributed by atoms with van der Waals surface area (Å²) in [6.07, 6.45) is 5.74. The second-order valence-electron chi connectivity index (χ2n) is 4.83. The first-order chi connectivity index (χ1) is 9.75. The van der Waals surface area contributed by atoms with Crippen LogP contribution in [0.1, 0.15) is 12.5 Å². The molecule has 5 heteroatoms. The van der Waals surface area contributed by atoms with Crippen LogP contribution in [0.25, 0.3) is 0 Å². The average Bonchev–Trinajstić information content (AvgIpc) is 2.91. The van der Waals surface area contributed by atoms with Crippen LogP contribution in [0.2, 0.25) is 0 Å². The number of hydrogen-bond acceptors (Lipinski definition) is 4. The van der Waals surface area contributed by atoms with Crippen molar-refractivity contribution in [3.05, 3.63) is 48.4 Å². The molecular formula is C15H16N4O. The zero-order valence-electron chi connectivity index (χ0n) is 11.3. The van der Waals surface area contributed by atoms with Crippen LogP contribution < -0.4 is 10.2 Å². The van der Waals surface area contributed by atoms with Gasteiger partial charge in [-0.05, 0) is 25.0 Å². The van der Waals surface area contributed by atoms with Crippen molar-refractivity contribution in [3.8, 4) is 0 Å². The number of nitrogens with one attached hydrogen (secondary N) is 1. The maximum Gasteiger partial charge on any atom is 0.249 e. The third kappa shape index (κ3) is 2.34. The highest BCUT2D eigenvalue weighted by Crippen LogP contribution is 2.28. The molecule has 2 aromatic rings. The van der Waals surface area contributed by atoms with Crippen molar-refractivity contribution in [2.45, 2.75) is 19.4 Å². The van der Waals surface area contributed by atoms with E-state index >= 15 is 0 Å². The minimum absolute atomic E-state index is 0.0561. The van der Waals surface area contributed by atoms with Gasteiger partial charge in [0.25, 0.3) is 0 Å². The van der Waals surface area contributed by atoms with Gasteiger partial charge < -0.3 is 10.2 Å². The van der Waals surface area contributed by atoms with Crippen molar-refractivity contribution >= 4 is 17.4 Å². The maximum absolute atomic E-state index is 12.5. The van der Waals surface area contributed by atoms with Crippen molar-refractivity contribution in [2.75, 3.05) is 16.8 Å². The largest absolute Gasteiger partial charge is 0.357 e. The van der Waals surface area contributed by atoms with Crippen LogP contribution in [-0.2, 0) is 11.2 Å². The summed E-state index contributed by atoms with van der Waals surface area (Å²) in [5.41, 5.74) is 2.25. The van der Waals surface area contributed by atoms with Crippen LogP contribution >= 0.6 is 0 Å². The fraction of sp³-hybridized carbons (Fsp3) is 0.267. The lowest BCUT2D eigenvalue weighted by atomic mass is 10.2. The van der Waals surface area contributed by atoms with Crippen molar-refractivity contribution < 1.29 is 4.79 Å². The SMILES string of the molecule is CC(Nc1cnccn1)C(=O)N1CCc2ccccc21. The first kappa shape index (κ1) is 12.6. The van der Waals surface area contributed by atoms with Gasteiger partial charge in [-0.3, -0.25) is 9.78 Å². The van der Waals surface area contributed by atoms with E-state index in [1.807, 2.05) is 30.0 Å². The smallest absolute Gasteiger partial charge is 0.249 e. The summed E-state index contributed by atoms with van der Waals surface area (Å²) in [5.74, 6) is 0.668. The Morgan fingerprint density at radius 1 is 1.35 bits per heavy atom. The zero-order valence-corrected chi connectivity index (χ0v) is 11.3. The number of carbonyl (C=O) groups excluding carboxylic acids is 1.